The molecule has 0 aliphatic rings. The molecule has 4 heteroatoms. The van der Waals surface area contributed by atoms with Gasteiger partial charge < -0.3 is 0 Å². The first-order valence-electron chi connectivity index (χ1n) is 20.5. The minimum atomic E-state index is 0.645. The zero-order valence-corrected chi connectivity index (χ0v) is 33.9. The smallest absolute Gasteiger partial charge is 0.164 e. The van der Waals surface area contributed by atoms with Gasteiger partial charge in [0.2, 0.25) is 0 Å². The van der Waals surface area contributed by atoms with Crippen LogP contribution in [-0.2, 0) is 0 Å². The molecule has 0 N–H and O–H groups in total. The Hall–Kier alpha value is -7.79. The summed E-state index contributed by atoms with van der Waals surface area (Å²) in [5.41, 5.74) is 14.9. The van der Waals surface area contributed by atoms with Crippen molar-refractivity contribution in [3.63, 3.8) is 0 Å². The van der Waals surface area contributed by atoms with Crippen molar-refractivity contribution in [1.29, 1.82) is 0 Å². The first kappa shape index (κ1) is 36.3. The van der Waals surface area contributed by atoms with E-state index < -0.39 is 0 Å². The van der Waals surface area contributed by atoms with Gasteiger partial charge in [0.1, 0.15) is 0 Å². The summed E-state index contributed by atoms with van der Waals surface area (Å²) >= 11 is 1.88. The fraction of sp³-hybridized carbons (Fsp3) is 0. The summed E-state index contributed by atoms with van der Waals surface area (Å²) in [4.78, 5) is 14.8. The minimum absolute atomic E-state index is 0.645. The number of nitrogens with zero attached hydrogens (tertiary/aromatic N) is 3. The quantitative estimate of drug-likeness (QED) is 0.154. The highest BCUT2D eigenvalue weighted by atomic mass is 32.1. The predicted molar refractivity (Wildman–Crippen MR) is 256 cm³/mol. The van der Waals surface area contributed by atoms with Gasteiger partial charge in [-0.25, -0.2) is 15.0 Å². The number of fused-ring (bicyclic) bond motifs is 3. The van der Waals surface area contributed by atoms with E-state index in [9.17, 15) is 0 Å². The number of hydrogen-bond acceptors (Lipinski definition) is 4. The van der Waals surface area contributed by atoms with Gasteiger partial charge in [0, 0.05) is 42.4 Å². The van der Waals surface area contributed by atoms with Gasteiger partial charge in [-0.2, -0.15) is 0 Å². The van der Waals surface area contributed by atoms with Crippen molar-refractivity contribution in [3.05, 3.63) is 224 Å². The molecule has 0 atom stereocenters. The Morgan fingerprint density at radius 1 is 0.230 bits per heavy atom. The average Bonchev–Trinajstić information content (AvgIpc) is 3.74. The molecular weight excluding hydrogens is 759 g/mol. The lowest BCUT2D eigenvalue weighted by atomic mass is 9.93. The van der Waals surface area contributed by atoms with Crippen LogP contribution in [0.4, 0.5) is 0 Å². The third-order valence-corrected chi connectivity index (χ3v) is 12.7. The summed E-state index contributed by atoms with van der Waals surface area (Å²) in [6.07, 6.45) is 0. The number of hydrogen-bond donors (Lipinski definition) is 0. The van der Waals surface area contributed by atoms with Crippen LogP contribution < -0.4 is 0 Å². The lowest BCUT2D eigenvalue weighted by Gasteiger charge is -2.11. The second-order valence-corrected chi connectivity index (χ2v) is 16.2. The van der Waals surface area contributed by atoms with Crippen LogP contribution in [-0.4, -0.2) is 15.0 Å². The van der Waals surface area contributed by atoms with E-state index in [-0.39, 0.29) is 0 Å². The highest BCUT2D eigenvalue weighted by Crippen LogP contribution is 2.46. The van der Waals surface area contributed by atoms with Crippen LogP contribution >= 0.6 is 11.3 Å². The van der Waals surface area contributed by atoms with Crippen molar-refractivity contribution < 1.29 is 0 Å². The molecule has 0 amide bonds. The fourth-order valence-corrected chi connectivity index (χ4v) is 9.56. The fourth-order valence-electron chi connectivity index (χ4n) is 8.20. The maximum Gasteiger partial charge on any atom is 0.164 e. The minimum Gasteiger partial charge on any atom is -0.208 e. The van der Waals surface area contributed by atoms with Gasteiger partial charge in [0.25, 0.3) is 0 Å². The molecule has 0 spiro atoms. The standard InChI is InChI=1S/C57H37N3S/c1-5-14-38(15-6-1)40-24-26-42(27-25-40)48-36-51(44-30-28-41(29-31-44)39-16-7-2-8-17-39)54-52(37-48)50-23-13-22-49(53(50)61-54)43-32-34-47(35-33-43)57-59-55(45-18-9-3-10-19-45)58-56(60-57)46-20-11-4-12-21-46/h1-37H. The van der Waals surface area contributed by atoms with Crippen molar-refractivity contribution in [2.75, 3.05) is 0 Å². The summed E-state index contributed by atoms with van der Waals surface area (Å²) < 4.78 is 2.55. The molecule has 9 aromatic carbocycles. The molecule has 0 unspecified atom stereocenters. The highest BCUT2D eigenvalue weighted by molar-refractivity contribution is 7.26. The Morgan fingerprint density at radius 3 is 1.05 bits per heavy atom. The zero-order chi connectivity index (χ0) is 40.5. The van der Waals surface area contributed by atoms with E-state index in [1.54, 1.807) is 0 Å². The van der Waals surface area contributed by atoms with Gasteiger partial charge in [0.05, 0.1) is 0 Å². The summed E-state index contributed by atoms with van der Waals surface area (Å²) in [5, 5.41) is 2.52. The van der Waals surface area contributed by atoms with Crippen LogP contribution in [0.5, 0.6) is 0 Å². The Balaban J connectivity index is 1.02. The number of rotatable bonds is 8. The third-order valence-electron chi connectivity index (χ3n) is 11.4. The van der Waals surface area contributed by atoms with Crippen molar-refractivity contribution in [2.45, 2.75) is 0 Å². The van der Waals surface area contributed by atoms with Crippen molar-refractivity contribution in [3.8, 4) is 89.8 Å². The molecule has 3 nitrogen and oxygen atoms in total. The summed E-state index contributed by atoms with van der Waals surface area (Å²) in [5.74, 6) is 1.95. The number of thiophene rings is 1. The third kappa shape index (κ3) is 7.09. The second-order valence-electron chi connectivity index (χ2n) is 15.2. The topological polar surface area (TPSA) is 38.7 Å². The van der Waals surface area contributed by atoms with Gasteiger partial charge in [-0.15, -0.1) is 11.3 Å². The Kier molecular flexibility index (Phi) is 9.38. The number of aromatic nitrogens is 3. The molecule has 286 valence electrons. The Labute approximate surface area is 359 Å². The van der Waals surface area contributed by atoms with E-state index >= 15 is 0 Å². The van der Waals surface area contributed by atoms with Gasteiger partial charge in [-0.05, 0) is 62.2 Å². The first-order chi connectivity index (χ1) is 30.2. The molecule has 11 rings (SSSR count). The van der Waals surface area contributed by atoms with Crippen LogP contribution in [0.3, 0.4) is 0 Å². The Bertz CT molecular complexity index is 3230. The molecule has 11 aromatic rings. The molecule has 0 fully saturated rings. The van der Waals surface area contributed by atoms with Crippen molar-refractivity contribution in [2.24, 2.45) is 0 Å². The monoisotopic (exact) mass is 795 g/mol. The largest absolute Gasteiger partial charge is 0.208 e. The molecule has 61 heavy (non-hydrogen) atoms. The normalized spacial score (nSPS) is 11.3. The summed E-state index contributed by atoms with van der Waals surface area (Å²) in [6, 6.07) is 79.6. The maximum absolute atomic E-state index is 4.97. The molecule has 0 bridgehead atoms. The van der Waals surface area contributed by atoms with E-state index in [4.69, 9.17) is 15.0 Å². The van der Waals surface area contributed by atoms with Crippen LogP contribution in [0.15, 0.2) is 224 Å². The van der Waals surface area contributed by atoms with Crippen LogP contribution in [0.1, 0.15) is 0 Å². The van der Waals surface area contributed by atoms with Gasteiger partial charge >= 0.3 is 0 Å². The lowest BCUT2D eigenvalue weighted by molar-refractivity contribution is 1.07. The van der Waals surface area contributed by atoms with Gasteiger partial charge in [-0.1, -0.05) is 212 Å². The van der Waals surface area contributed by atoms with Gasteiger partial charge in [-0.3, -0.25) is 0 Å². The lowest BCUT2D eigenvalue weighted by Crippen LogP contribution is -2.00. The van der Waals surface area contributed by atoms with Crippen molar-refractivity contribution >= 4 is 31.5 Å². The first-order valence-corrected chi connectivity index (χ1v) is 21.3. The number of benzene rings is 9. The van der Waals surface area contributed by atoms with Crippen LogP contribution in [0.25, 0.3) is 110 Å². The molecule has 2 aromatic heterocycles. The van der Waals surface area contributed by atoms with Crippen LogP contribution in [0.2, 0.25) is 0 Å². The van der Waals surface area contributed by atoms with E-state index in [2.05, 4.69) is 164 Å². The summed E-state index contributed by atoms with van der Waals surface area (Å²) in [7, 11) is 0. The highest BCUT2D eigenvalue weighted by Gasteiger charge is 2.18. The predicted octanol–water partition coefficient (Wildman–Crippen LogP) is 15.6. The molecule has 0 aliphatic carbocycles. The Morgan fingerprint density at radius 2 is 0.574 bits per heavy atom. The SMILES string of the molecule is c1ccc(-c2ccc(-c3cc(-c4ccc(-c5ccccc5)cc4)c4sc5c(-c6ccc(-c7nc(-c8ccccc8)nc(-c8ccccc8)n7)cc6)cccc5c4c3)cc2)cc1. The molecular formula is C57H37N3S. The molecule has 0 aliphatic heterocycles. The van der Waals surface area contributed by atoms with Crippen LogP contribution in [0, 0.1) is 0 Å². The molecule has 0 radical (unpaired) electrons. The van der Waals surface area contributed by atoms with E-state index in [0.717, 1.165) is 22.3 Å². The van der Waals surface area contributed by atoms with E-state index in [1.807, 2.05) is 72.0 Å². The van der Waals surface area contributed by atoms with E-state index in [1.165, 1.54) is 70.2 Å². The zero-order valence-electron chi connectivity index (χ0n) is 33.1. The van der Waals surface area contributed by atoms with Crippen molar-refractivity contribution in [1.82, 2.24) is 15.0 Å². The van der Waals surface area contributed by atoms with Gasteiger partial charge in [0.15, 0.2) is 17.5 Å². The molecule has 0 saturated carbocycles. The molecule has 0 saturated heterocycles. The second kappa shape index (κ2) is 15.8. The van der Waals surface area contributed by atoms with E-state index in [0.29, 0.717) is 17.5 Å². The average molecular weight is 796 g/mol. The molecule has 2 heterocycles. The maximum atomic E-state index is 4.97. The summed E-state index contributed by atoms with van der Waals surface area (Å²) in [6.45, 7) is 0.